The van der Waals surface area contributed by atoms with Crippen LogP contribution in [0, 0.1) is 25.2 Å². The third kappa shape index (κ3) is 11.0. The van der Waals surface area contributed by atoms with Crippen LogP contribution in [0.15, 0.2) is 90.8 Å². The lowest BCUT2D eigenvalue weighted by Gasteiger charge is -2.23. The molecular formula is C36H53N5. The van der Waals surface area contributed by atoms with Crippen LogP contribution in [0.3, 0.4) is 0 Å². The van der Waals surface area contributed by atoms with Gasteiger partial charge in [0.2, 0.25) is 0 Å². The lowest BCUT2D eigenvalue weighted by molar-refractivity contribution is 0.286. The molecule has 0 bridgehead atoms. The number of aryl methyl sites for hydroxylation is 2. The zero-order chi connectivity index (χ0) is 31.0. The molecule has 2 aliphatic rings. The summed E-state index contributed by atoms with van der Waals surface area (Å²) >= 11 is 0. The van der Waals surface area contributed by atoms with Crippen LogP contribution in [0.25, 0.3) is 5.57 Å². The number of hydrogen-bond donors (Lipinski definition) is 2. The number of rotatable bonds is 9. The van der Waals surface area contributed by atoms with Crippen LogP contribution in [-0.2, 0) is 0 Å². The van der Waals surface area contributed by atoms with E-state index in [-0.39, 0.29) is 0 Å². The molecule has 5 nitrogen and oxygen atoms in total. The molecule has 1 aromatic heterocycles. The van der Waals surface area contributed by atoms with E-state index >= 15 is 0 Å². The number of hydrogen-bond acceptors (Lipinski definition) is 5. The molecule has 1 fully saturated rings. The average Bonchev–Trinajstić information content (AvgIpc) is 3.72. The summed E-state index contributed by atoms with van der Waals surface area (Å²) in [5, 5.41) is 3.40. The van der Waals surface area contributed by atoms with E-state index in [0.29, 0.717) is 17.0 Å². The summed E-state index contributed by atoms with van der Waals surface area (Å²) in [6.07, 6.45) is 11.5. The molecule has 2 heterocycles. The average molecular weight is 556 g/mol. The Balaban J connectivity index is 0.000000548. The predicted octanol–water partition coefficient (Wildman–Crippen LogP) is 9.45. The minimum Gasteiger partial charge on any atom is -0.404 e. The Morgan fingerprint density at radius 3 is 2.17 bits per heavy atom. The Morgan fingerprint density at radius 1 is 1.07 bits per heavy atom. The van der Waals surface area contributed by atoms with Crippen molar-refractivity contribution in [3.05, 3.63) is 103 Å². The summed E-state index contributed by atoms with van der Waals surface area (Å²) in [7, 11) is 0. The number of nitrogens with one attached hydrogen (secondary N) is 1. The van der Waals surface area contributed by atoms with Gasteiger partial charge in [-0.1, -0.05) is 71.7 Å². The molecule has 0 saturated heterocycles. The number of nitrogens with two attached hydrogens (primary N) is 1. The fourth-order valence-corrected chi connectivity index (χ4v) is 4.06. The monoisotopic (exact) mass is 555 g/mol. The van der Waals surface area contributed by atoms with Gasteiger partial charge in [-0.3, -0.25) is 9.98 Å². The highest BCUT2D eigenvalue weighted by Gasteiger charge is 2.30. The number of amidine groups is 1. The van der Waals surface area contributed by atoms with E-state index in [1.54, 1.807) is 18.5 Å². The standard InChI is InChI=1S/C23H25N5.C8H18.C3H6.C2H4/c1-14-8-9-25-21(10-14)19(12-24)16(3)27-20-11-18(5-4-15(20)2)23-26-13-22(28-23)17-6-7-17;1-5-8(4,6-2)7-3;1-3-2;1-2/h4-5,8-12,17,27H,3,6-7,13,24H2,1-2H3;5-7H2,1-4H3;3H,1H2,2H3;1-2H2/b19-12-;;;. The van der Waals surface area contributed by atoms with Crippen molar-refractivity contribution in [1.82, 2.24) is 4.98 Å². The van der Waals surface area contributed by atoms with Crippen molar-refractivity contribution >= 4 is 22.8 Å². The van der Waals surface area contributed by atoms with Crippen molar-refractivity contribution in [2.24, 2.45) is 27.1 Å². The van der Waals surface area contributed by atoms with Crippen LogP contribution >= 0.6 is 0 Å². The van der Waals surface area contributed by atoms with Crippen molar-refractivity contribution in [2.75, 3.05) is 11.9 Å². The first-order chi connectivity index (χ1) is 19.6. The number of aromatic nitrogens is 1. The summed E-state index contributed by atoms with van der Waals surface area (Å²) in [5.41, 5.74) is 14.2. The van der Waals surface area contributed by atoms with Crippen molar-refractivity contribution < 1.29 is 0 Å². The molecule has 1 aromatic carbocycles. The smallest absolute Gasteiger partial charge is 0.155 e. The van der Waals surface area contributed by atoms with Gasteiger partial charge >= 0.3 is 0 Å². The topological polar surface area (TPSA) is 75.7 Å². The maximum atomic E-state index is 5.89. The molecule has 2 aromatic rings. The van der Waals surface area contributed by atoms with E-state index in [1.807, 2.05) is 26.0 Å². The largest absolute Gasteiger partial charge is 0.404 e. The fourth-order valence-electron chi connectivity index (χ4n) is 4.06. The van der Waals surface area contributed by atoms with Gasteiger partial charge in [-0.25, -0.2) is 4.99 Å². The molecule has 0 atom stereocenters. The fraction of sp³-hybridized carbons (Fsp3) is 0.417. The molecule has 0 radical (unpaired) electrons. The second-order valence-electron chi connectivity index (χ2n) is 10.7. The maximum absolute atomic E-state index is 5.89. The van der Waals surface area contributed by atoms with Crippen LogP contribution in [0.1, 0.15) is 89.1 Å². The van der Waals surface area contributed by atoms with E-state index in [9.17, 15) is 0 Å². The quantitative estimate of drug-likeness (QED) is 0.239. The molecule has 1 aliphatic carbocycles. The molecule has 0 spiro atoms. The van der Waals surface area contributed by atoms with Gasteiger partial charge in [0.15, 0.2) is 5.84 Å². The van der Waals surface area contributed by atoms with Gasteiger partial charge in [0.05, 0.1) is 12.2 Å². The number of anilines is 1. The SMILES string of the molecule is C=C.C=C(Nc1cc(C2=NCC(C3CC3)=N2)ccc1C)/C(=C/N)c1cc(C)ccn1.C=CC.CCC(C)(CC)CC. The lowest BCUT2D eigenvalue weighted by atomic mass is 9.82. The van der Waals surface area contributed by atoms with E-state index < -0.39 is 0 Å². The summed E-state index contributed by atoms with van der Waals surface area (Å²) in [4.78, 5) is 13.8. The van der Waals surface area contributed by atoms with Crippen molar-refractivity contribution in [2.45, 2.75) is 80.6 Å². The van der Waals surface area contributed by atoms with Gasteiger partial charge in [0.25, 0.3) is 0 Å². The molecule has 5 heteroatoms. The van der Waals surface area contributed by atoms with E-state index in [0.717, 1.165) is 46.0 Å². The van der Waals surface area contributed by atoms with Gasteiger partial charge in [-0.05, 0) is 74.3 Å². The molecular weight excluding hydrogens is 502 g/mol. The first-order valence-electron chi connectivity index (χ1n) is 14.8. The van der Waals surface area contributed by atoms with Crippen LogP contribution in [0.4, 0.5) is 5.69 Å². The first-order valence-corrected chi connectivity index (χ1v) is 14.8. The van der Waals surface area contributed by atoms with Crippen LogP contribution in [-0.4, -0.2) is 23.1 Å². The summed E-state index contributed by atoms with van der Waals surface area (Å²) in [6.45, 7) is 29.4. The van der Waals surface area contributed by atoms with Gasteiger partial charge in [-0.15, -0.1) is 19.7 Å². The number of pyridine rings is 1. The number of aliphatic imine (C=N–C) groups is 2. The molecule has 0 unspecified atom stereocenters. The molecule has 3 N–H and O–H groups in total. The minimum atomic E-state index is 0.625. The van der Waals surface area contributed by atoms with Crippen LogP contribution in [0.2, 0.25) is 0 Å². The second-order valence-corrected chi connectivity index (χ2v) is 10.7. The lowest BCUT2D eigenvalue weighted by Crippen LogP contribution is -2.10. The molecule has 41 heavy (non-hydrogen) atoms. The number of nitrogens with zero attached hydrogens (tertiary/aromatic N) is 3. The third-order valence-corrected chi connectivity index (χ3v) is 7.71. The highest BCUT2D eigenvalue weighted by Crippen LogP contribution is 2.33. The van der Waals surface area contributed by atoms with Gasteiger partial charge in [0.1, 0.15) is 0 Å². The summed E-state index contributed by atoms with van der Waals surface area (Å²) < 4.78 is 0. The molecule has 4 rings (SSSR count). The number of benzene rings is 1. The van der Waals surface area contributed by atoms with Gasteiger partial charge in [-0.2, -0.15) is 0 Å². The Bertz CT molecular complexity index is 1220. The predicted molar refractivity (Wildman–Crippen MR) is 183 cm³/mol. The highest BCUT2D eigenvalue weighted by atomic mass is 15.0. The van der Waals surface area contributed by atoms with Crippen LogP contribution in [0.5, 0.6) is 0 Å². The Hall–Kier alpha value is -3.73. The zero-order valence-corrected chi connectivity index (χ0v) is 26.7. The van der Waals surface area contributed by atoms with E-state index in [4.69, 9.17) is 10.7 Å². The molecule has 1 saturated carbocycles. The van der Waals surface area contributed by atoms with Gasteiger partial charge in [0, 0.05) is 40.6 Å². The Kier molecular flexibility index (Phi) is 15.4. The first kappa shape index (κ1) is 35.3. The second kappa shape index (κ2) is 17.9. The van der Waals surface area contributed by atoms with Crippen LogP contribution < -0.4 is 11.1 Å². The van der Waals surface area contributed by atoms with Gasteiger partial charge < -0.3 is 11.1 Å². The molecule has 0 amide bonds. The zero-order valence-electron chi connectivity index (χ0n) is 26.7. The molecule has 222 valence electrons. The number of allylic oxidation sites excluding steroid dienone is 2. The highest BCUT2D eigenvalue weighted by molar-refractivity contribution is 6.13. The van der Waals surface area contributed by atoms with Crippen molar-refractivity contribution in [1.29, 1.82) is 0 Å². The van der Waals surface area contributed by atoms with E-state index in [2.05, 4.69) is 94.4 Å². The minimum absolute atomic E-state index is 0.625. The maximum Gasteiger partial charge on any atom is 0.155 e. The normalized spacial score (nSPS) is 14.1. The third-order valence-electron chi connectivity index (χ3n) is 7.71. The summed E-state index contributed by atoms with van der Waals surface area (Å²) in [5.74, 6) is 1.48. The Labute approximate surface area is 250 Å². The molecule has 1 aliphatic heterocycles. The van der Waals surface area contributed by atoms with Crippen molar-refractivity contribution in [3.8, 4) is 0 Å². The van der Waals surface area contributed by atoms with E-state index in [1.165, 1.54) is 37.8 Å². The Morgan fingerprint density at radius 2 is 1.68 bits per heavy atom. The van der Waals surface area contributed by atoms with Crippen molar-refractivity contribution in [3.63, 3.8) is 0 Å². The summed E-state index contributed by atoms with van der Waals surface area (Å²) in [6, 6.07) is 10.2.